The summed E-state index contributed by atoms with van der Waals surface area (Å²) in [5.74, 6) is 0.611. The Balaban J connectivity index is 1.63. The van der Waals surface area contributed by atoms with Crippen molar-refractivity contribution < 1.29 is 14.5 Å². The van der Waals surface area contributed by atoms with Gasteiger partial charge in [0, 0.05) is 28.6 Å². The zero-order valence-corrected chi connectivity index (χ0v) is 19.4. The summed E-state index contributed by atoms with van der Waals surface area (Å²) in [6.07, 6.45) is 0. The van der Waals surface area contributed by atoms with Gasteiger partial charge in [0.25, 0.3) is 5.69 Å². The van der Waals surface area contributed by atoms with Crippen molar-refractivity contribution in [2.45, 2.75) is 30.8 Å². The van der Waals surface area contributed by atoms with Crippen molar-refractivity contribution in [3.05, 3.63) is 86.1 Å². The number of esters is 1. The number of thioether (sulfide) groups is 1. The number of ether oxygens (including phenoxy) is 1. The second-order valence-corrected chi connectivity index (χ2v) is 8.59. The van der Waals surface area contributed by atoms with Crippen LogP contribution in [-0.2, 0) is 15.3 Å². The van der Waals surface area contributed by atoms with E-state index in [1.54, 1.807) is 42.8 Å². The zero-order chi connectivity index (χ0) is 23.5. The molecular formula is C22H20ClN5O4S. The molecule has 1 N–H and O–H groups in total. The Morgan fingerprint density at radius 1 is 1.24 bits per heavy atom. The van der Waals surface area contributed by atoms with Crippen LogP contribution in [0.2, 0.25) is 5.02 Å². The van der Waals surface area contributed by atoms with Crippen molar-refractivity contribution in [2.24, 2.45) is 0 Å². The minimum Gasteiger partial charge on any atom is -0.463 e. The number of hydrogen-bond donors (Lipinski definition) is 1. The molecule has 0 spiro atoms. The molecule has 0 bridgehead atoms. The topological polar surface area (TPSA) is 112 Å². The monoisotopic (exact) mass is 485 g/mol. The Morgan fingerprint density at radius 2 is 1.94 bits per heavy atom. The van der Waals surface area contributed by atoms with Gasteiger partial charge in [0.15, 0.2) is 0 Å². The van der Waals surface area contributed by atoms with Crippen LogP contribution in [0.5, 0.6) is 0 Å². The first-order valence-electron chi connectivity index (χ1n) is 10.1. The van der Waals surface area contributed by atoms with Gasteiger partial charge in [0.05, 0.1) is 17.1 Å². The molecule has 0 amide bonds. The fourth-order valence-electron chi connectivity index (χ4n) is 3.48. The molecule has 2 heterocycles. The van der Waals surface area contributed by atoms with Crippen LogP contribution in [0, 0.1) is 10.1 Å². The molecule has 33 heavy (non-hydrogen) atoms. The number of nitrogens with zero attached hydrogens (tertiary/aromatic N) is 4. The summed E-state index contributed by atoms with van der Waals surface area (Å²) in [4.78, 5) is 27.8. The molecule has 0 unspecified atom stereocenters. The maximum Gasteiger partial charge on any atom is 0.338 e. The first-order chi connectivity index (χ1) is 15.9. The Kier molecular flexibility index (Phi) is 6.66. The van der Waals surface area contributed by atoms with Gasteiger partial charge in [0.1, 0.15) is 6.04 Å². The number of halogens is 1. The molecule has 0 fully saturated rings. The maximum absolute atomic E-state index is 12.8. The van der Waals surface area contributed by atoms with Gasteiger partial charge in [-0.2, -0.15) is 4.98 Å². The molecule has 0 saturated heterocycles. The number of nitro groups is 1. The largest absolute Gasteiger partial charge is 0.463 e. The van der Waals surface area contributed by atoms with Gasteiger partial charge in [-0.15, -0.1) is 5.10 Å². The molecule has 1 atom stereocenters. The molecule has 0 aliphatic carbocycles. The minimum atomic E-state index is -0.529. The first-order valence-corrected chi connectivity index (χ1v) is 11.5. The number of carbonyl (C=O) groups is 1. The van der Waals surface area contributed by atoms with E-state index in [4.69, 9.17) is 16.3 Å². The van der Waals surface area contributed by atoms with Gasteiger partial charge in [-0.3, -0.25) is 10.1 Å². The van der Waals surface area contributed by atoms with E-state index >= 15 is 0 Å². The summed E-state index contributed by atoms with van der Waals surface area (Å²) in [5, 5.41) is 19.7. The highest BCUT2D eigenvalue weighted by atomic mass is 35.5. The third-order valence-electron chi connectivity index (χ3n) is 5.03. The molecule has 0 radical (unpaired) electrons. The fraction of sp³-hybridized carbons (Fsp3) is 0.227. The molecule has 1 aliphatic rings. The lowest BCUT2D eigenvalue weighted by molar-refractivity contribution is -0.384. The summed E-state index contributed by atoms with van der Waals surface area (Å²) in [6.45, 7) is 3.82. The van der Waals surface area contributed by atoms with Crippen molar-refractivity contribution in [3.8, 4) is 0 Å². The summed E-state index contributed by atoms with van der Waals surface area (Å²) >= 11 is 7.46. The minimum absolute atomic E-state index is 0.0439. The number of nitro benzene ring substituents is 1. The highest BCUT2D eigenvalue weighted by Crippen LogP contribution is 2.37. The van der Waals surface area contributed by atoms with E-state index in [0.29, 0.717) is 33.2 Å². The van der Waals surface area contributed by atoms with Crippen molar-refractivity contribution in [3.63, 3.8) is 0 Å². The van der Waals surface area contributed by atoms with E-state index in [1.807, 2.05) is 12.1 Å². The average molecular weight is 486 g/mol. The molecule has 11 heteroatoms. The van der Waals surface area contributed by atoms with Crippen molar-refractivity contribution in [1.29, 1.82) is 0 Å². The highest BCUT2D eigenvalue weighted by Gasteiger charge is 2.35. The smallest absolute Gasteiger partial charge is 0.338 e. The first kappa shape index (κ1) is 22.8. The number of allylic oxidation sites excluding steroid dienone is 1. The van der Waals surface area contributed by atoms with Crippen molar-refractivity contribution >= 4 is 41.0 Å². The van der Waals surface area contributed by atoms with Crippen LogP contribution in [0.15, 0.2) is 65.0 Å². The van der Waals surface area contributed by atoms with E-state index < -0.39 is 16.9 Å². The maximum atomic E-state index is 12.8. The SMILES string of the molecule is CCOC(=O)C1=C(C)Nc2nc(SCc3ccc([N+](=O)[O-])cc3)nn2[C@H]1c1ccc(Cl)cc1. The van der Waals surface area contributed by atoms with Crippen LogP contribution in [0.1, 0.15) is 31.0 Å². The number of fused-ring (bicyclic) bond motifs is 1. The lowest BCUT2D eigenvalue weighted by Crippen LogP contribution is -2.29. The number of hydrogen-bond acceptors (Lipinski definition) is 8. The summed E-state index contributed by atoms with van der Waals surface area (Å²) in [7, 11) is 0. The predicted molar refractivity (Wildman–Crippen MR) is 125 cm³/mol. The van der Waals surface area contributed by atoms with Gasteiger partial charge >= 0.3 is 5.97 Å². The number of aromatic nitrogens is 3. The van der Waals surface area contributed by atoms with Crippen LogP contribution in [-0.4, -0.2) is 32.3 Å². The van der Waals surface area contributed by atoms with Crippen LogP contribution in [0.4, 0.5) is 11.6 Å². The van der Waals surface area contributed by atoms with Crippen molar-refractivity contribution in [2.75, 3.05) is 11.9 Å². The molecule has 9 nitrogen and oxygen atoms in total. The van der Waals surface area contributed by atoms with E-state index in [0.717, 1.165) is 11.1 Å². The Labute approximate surface area is 199 Å². The average Bonchev–Trinajstić information content (AvgIpc) is 3.20. The molecular weight excluding hydrogens is 466 g/mol. The summed E-state index contributed by atoms with van der Waals surface area (Å²) < 4.78 is 6.97. The van der Waals surface area contributed by atoms with E-state index in [9.17, 15) is 14.9 Å². The lowest BCUT2D eigenvalue weighted by Gasteiger charge is -2.28. The third kappa shape index (κ3) is 4.86. The number of anilines is 1. The van der Waals surface area contributed by atoms with Crippen LogP contribution in [0.25, 0.3) is 0 Å². The number of benzene rings is 2. The molecule has 1 aliphatic heterocycles. The molecule has 0 saturated carbocycles. The Bertz CT molecular complexity index is 1220. The van der Waals surface area contributed by atoms with Crippen molar-refractivity contribution in [1.82, 2.24) is 14.8 Å². The second kappa shape index (κ2) is 9.63. The Hall–Kier alpha value is -3.37. The van der Waals surface area contributed by atoms with E-state index in [-0.39, 0.29) is 12.3 Å². The van der Waals surface area contributed by atoms with Gasteiger partial charge < -0.3 is 10.1 Å². The third-order valence-corrected chi connectivity index (χ3v) is 6.19. The van der Waals surface area contributed by atoms with Crippen LogP contribution in [0.3, 0.4) is 0 Å². The zero-order valence-electron chi connectivity index (χ0n) is 17.8. The normalized spacial score (nSPS) is 15.1. The van der Waals surface area contributed by atoms with Gasteiger partial charge in [-0.25, -0.2) is 9.48 Å². The van der Waals surface area contributed by atoms with Gasteiger partial charge in [-0.1, -0.05) is 47.6 Å². The van der Waals surface area contributed by atoms with Gasteiger partial charge in [-0.05, 0) is 37.1 Å². The number of carbonyl (C=O) groups excluding carboxylic acids is 1. The quantitative estimate of drug-likeness (QED) is 0.216. The number of rotatable bonds is 7. The fourth-order valence-corrected chi connectivity index (χ4v) is 4.39. The summed E-state index contributed by atoms with van der Waals surface area (Å²) in [5.41, 5.74) is 2.86. The predicted octanol–water partition coefficient (Wildman–Crippen LogP) is 4.98. The lowest BCUT2D eigenvalue weighted by atomic mass is 9.96. The molecule has 4 rings (SSSR count). The molecule has 1 aromatic heterocycles. The Morgan fingerprint density at radius 3 is 2.58 bits per heavy atom. The highest BCUT2D eigenvalue weighted by molar-refractivity contribution is 7.98. The van der Waals surface area contributed by atoms with Crippen LogP contribution >= 0.6 is 23.4 Å². The molecule has 170 valence electrons. The number of nitrogens with one attached hydrogen (secondary N) is 1. The van der Waals surface area contributed by atoms with E-state index in [1.165, 1.54) is 23.9 Å². The molecule has 2 aromatic carbocycles. The number of non-ortho nitro benzene ring substituents is 1. The van der Waals surface area contributed by atoms with E-state index in [2.05, 4.69) is 15.4 Å². The molecule has 3 aromatic rings. The summed E-state index contributed by atoms with van der Waals surface area (Å²) in [6, 6.07) is 13.0. The standard InChI is InChI=1S/C22H20ClN5O4S/c1-3-32-20(29)18-13(2)24-21-25-22(33-12-14-4-10-17(11-5-14)28(30)31)26-27(21)19(18)15-6-8-16(23)9-7-15/h4-11,19H,3,12H2,1-2H3,(H,24,25,26)/t19-/m0/s1. The van der Waals surface area contributed by atoms with Crippen LogP contribution < -0.4 is 5.32 Å². The van der Waals surface area contributed by atoms with Gasteiger partial charge in [0.2, 0.25) is 11.1 Å². The second-order valence-electron chi connectivity index (χ2n) is 7.21.